The topological polar surface area (TPSA) is 116 Å². The number of nitrogens with one attached hydrogen (secondary N) is 1. The van der Waals surface area contributed by atoms with Gasteiger partial charge in [-0.05, 0) is 50.2 Å². The molecule has 0 aliphatic heterocycles. The van der Waals surface area contributed by atoms with E-state index in [9.17, 15) is 9.59 Å². The highest BCUT2D eigenvalue weighted by atomic mass is 32.2. The van der Waals surface area contributed by atoms with E-state index in [1.807, 2.05) is 32.2 Å². The standard InChI is InChI=1S/C22H24N4O5S/c1-13(31-18-7-5-6-17(12-18)30-4)19-24-25-22(26(19)3)32-14(2)20(27)23-16-10-8-15(9-11-16)21(28)29/h5-14H,1-4H3,(H,23,27)(H,28,29). The lowest BCUT2D eigenvalue weighted by Crippen LogP contribution is -2.23. The highest BCUT2D eigenvalue weighted by Gasteiger charge is 2.22. The number of carbonyl (C=O) groups is 2. The van der Waals surface area contributed by atoms with Gasteiger partial charge in [0.15, 0.2) is 17.1 Å². The number of hydrogen-bond acceptors (Lipinski definition) is 7. The van der Waals surface area contributed by atoms with Crippen LogP contribution in [0.5, 0.6) is 11.5 Å². The van der Waals surface area contributed by atoms with Crippen molar-refractivity contribution < 1.29 is 24.2 Å². The van der Waals surface area contributed by atoms with Crippen molar-refractivity contribution >= 4 is 29.3 Å². The van der Waals surface area contributed by atoms with E-state index in [0.29, 0.717) is 28.2 Å². The summed E-state index contributed by atoms with van der Waals surface area (Å²) in [6.07, 6.45) is -0.370. The number of carboxylic acid groups (broad SMARTS) is 1. The fourth-order valence-corrected chi connectivity index (χ4v) is 3.69. The normalized spacial score (nSPS) is 12.6. The molecular formula is C22H24N4O5S. The second-order valence-corrected chi connectivity index (χ2v) is 8.28. The average Bonchev–Trinajstić information content (AvgIpc) is 3.14. The summed E-state index contributed by atoms with van der Waals surface area (Å²) in [6, 6.07) is 13.3. The Balaban J connectivity index is 1.62. The van der Waals surface area contributed by atoms with Crippen LogP contribution in [0.2, 0.25) is 0 Å². The second kappa shape index (κ2) is 10.2. The first kappa shape index (κ1) is 23.1. The largest absolute Gasteiger partial charge is 0.497 e. The molecule has 2 atom stereocenters. The third-order valence-electron chi connectivity index (χ3n) is 4.64. The van der Waals surface area contributed by atoms with Gasteiger partial charge < -0.3 is 24.5 Å². The number of amides is 1. The van der Waals surface area contributed by atoms with Crippen molar-refractivity contribution in [3.8, 4) is 11.5 Å². The number of thioether (sulfide) groups is 1. The van der Waals surface area contributed by atoms with Crippen LogP contribution in [0.15, 0.2) is 53.7 Å². The monoisotopic (exact) mass is 456 g/mol. The number of carboxylic acids is 1. The van der Waals surface area contributed by atoms with Gasteiger partial charge in [0.05, 0.1) is 17.9 Å². The van der Waals surface area contributed by atoms with Gasteiger partial charge >= 0.3 is 5.97 Å². The highest BCUT2D eigenvalue weighted by molar-refractivity contribution is 8.00. The van der Waals surface area contributed by atoms with Crippen molar-refractivity contribution in [2.24, 2.45) is 7.05 Å². The maximum Gasteiger partial charge on any atom is 0.335 e. The first-order valence-electron chi connectivity index (χ1n) is 9.79. The first-order valence-corrected chi connectivity index (χ1v) is 10.7. The number of nitrogens with zero attached hydrogens (tertiary/aromatic N) is 3. The zero-order valence-electron chi connectivity index (χ0n) is 18.1. The summed E-state index contributed by atoms with van der Waals surface area (Å²) in [4.78, 5) is 23.5. The predicted molar refractivity (Wildman–Crippen MR) is 120 cm³/mol. The summed E-state index contributed by atoms with van der Waals surface area (Å²) in [6.45, 7) is 3.63. The smallest absolute Gasteiger partial charge is 0.335 e. The van der Waals surface area contributed by atoms with Crippen LogP contribution in [0.25, 0.3) is 0 Å². The summed E-state index contributed by atoms with van der Waals surface area (Å²) in [5, 5.41) is 20.3. The Bertz CT molecular complexity index is 1100. The van der Waals surface area contributed by atoms with Gasteiger partial charge in [0.1, 0.15) is 11.5 Å². The predicted octanol–water partition coefficient (Wildman–Crippen LogP) is 3.78. The van der Waals surface area contributed by atoms with E-state index in [1.165, 1.54) is 23.9 Å². The maximum absolute atomic E-state index is 12.5. The minimum atomic E-state index is -1.02. The van der Waals surface area contributed by atoms with Gasteiger partial charge in [0, 0.05) is 18.8 Å². The van der Waals surface area contributed by atoms with Crippen LogP contribution in [-0.4, -0.2) is 44.1 Å². The lowest BCUT2D eigenvalue weighted by molar-refractivity contribution is -0.115. The minimum absolute atomic E-state index is 0.155. The van der Waals surface area contributed by atoms with Crippen molar-refractivity contribution in [3.63, 3.8) is 0 Å². The van der Waals surface area contributed by atoms with E-state index in [1.54, 1.807) is 36.8 Å². The third-order valence-corrected chi connectivity index (χ3v) is 5.77. The van der Waals surface area contributed by atoms with Crippen LogP contribution in [-0.2, 0) is 11.8 Å². The van der Waals surface area contributed by atoms with Crippen LogP contribution in [0.4, 0.5) is 5.69 Å². The van der Waals surface area contributed by atoms with E-state index in [2.05, 4.69) is 15.5 Å². The summed E-state index contributed by atoms with van der Waals surface area (Å²) in [5.74, 6) is 0.710. The van der Waals surface area contributed by atoms with Crippen LogP contribution >= 0.6 is 11.8 Å². The molecule has 32 heavy (non-hydrogen) atoms. The summed E-state index contributed by atoms with van der Waals surface area (Å²) >= 11 is 1.26. The number of benzene rings is 2. The fourth-order valence-electron chi connectivity index (χ4n) is 2.87. The number of carbonyl (C=O) groups excluding carboxylic acids is 1. The molecule has 2 unspecified atom stereocenters. The zero-order valence-corrected chi connectivity index (χ0v) is 18.9. The summed E-state index contributed by atoms with van der Waals surface area (Å²) in [7, 11) is 3.41. The molecule has 168 valence electrons. The lowest BCUT2D eigenvalue weighted by Gasteiger charge is -2.15. The minimum Gasteiger partial charge on any atom is -0.497 e. The van der Waals surface area contributed by atoms with Gasteiger partial charge in [-0.2, -0.15) is 0 Å². The molecule has 0 saturated carbocycles. The Morgan fingerprint density at radius 1 is 1.09 bits per heavy atom. The number of aromatic nitrogens is 3. The quantitative estimate of drug-likeness (QED) is 0.468. The van der Waals surface area contributed by atoms with Crippen LogP contribution in [0.1, 0.15) is 36.1 Å². The molecule has 10 heteroatoms. The Labute approximate surface area is 189 Å². The first-order chi connectivity index (χ1) is 15.3. The van der Waals surface area contributed by atoms with Gasteiger partial charge in [0.2, 0.25) is 5.91 Å². The van der Waals surface area contributed by atoms with Crippen LogP contribution in [0, 0.1) is 0 Å². The van der Waals surface area contributed by atoms with Crippen LogP contribution in [0.3, 0.4) is 0 Å². The number of ether oxygens (including phenoxy) is 2. The fraction of sp³-hybridized carbons (Fsp3) is 0.273. The molecule has 0 aliphatic carbocycles. The Morgan fingerprint density at radius 3 is 2.44 bits per heavy atom. The number of aromatic carboxylic acids is 1. The molecule has 1 amide bonds. The zero-order chi connectivity index (χ0) is 23.3. The van der Waals surface area contributed by atoms with Gasteiger partial charge in [-0.25, -0.2) is 4.79 Å². The van der Waals surface area contributed by atoms with E-state index in [0.717, 1.165) is 0 Å². The number of hydrogen-bond donors (Lipinski definition) is 2. The van der Waals surface area contributed by atoms with Crippen molar-refractivity contribution in [2.45, 2.75) is 30.4 Å². The molecule has 9 nitrogen and oxygen atoms in total. The van der Waals surface area contributed by atoms with Gasteiger partial charge in [-0.1, -0.05) is 17.8 Å². The van der Waals surface area contributed by atoms with Crippen molar-refractivity contribution in [3.05, 3.63) is 59.9 Å². The average molecular weight is 457 g/mol. The number of anilines is 1. The molecular weight excluding hydrogens is 432 g/mol. The summed E-state index contributed by atoms with van der Waals surface area (Å²) in [5.41, 5.74) is 0.675. The second-order valence-electron chi connectivity index (χ2n) is 6.97. The van der Waals surface area contributed by atoms with E-state index >= 15 is 0 Å². The molecule has 3 aromatic rings. The van der Waals surface area contributed by atoms with Crippen molar-refractivity contribution in [1.82, 2.24) is 14.8 Å². The number of rotatable bonds is 9. The van der Waals surface area contributed by atoms with Gasteiger partial charge in [0.25, 0.3) is 0 Å². The third kappa shape index (κ3) is 5.58. The molecule has 3 rings (SSSR count). The molecule has 0 spiro atoms. The molecule has 0 aliphatic rings. The molecule has 0 bridgehead atoms. The lowest BCUT2D eigenvalue weighted by atomic mass is 10.2. The Morgan fingerprint density at radius 2 is 1.78 bits per heavy atom. The molecule has 0 fully saturated rings. The summed E-state index contributed by atoms with van der Waals surface area (Å²) < 4.78 is 13.0. The van der Waals surface area contributed by atoms with Gasteiger partial charge in [-0.15, -0.1) is 10.2 Å². The van der Waals surface area contributed by atoms with E-state index in [-0.39, 0.29) is 17.6 Å². The molecule has 2 aromatic carbocycles. The van der Waals surface area contributed by atoms with Crippen molar-refractivity contribution in [1.29, 1.82) is 0 Å². The molecule has 1 aromatic heterocycles. The molecule has 2 N–H and O–H groups in total. The van der Waals surface area contributed by atoms with E-state index < -0.39 is 11.2 Å². The van der Waals surface area contributed by atoms with Gasteiger partial charge in [-0.3, -0.25) is 4.79 Å². The van der Waals surface area contributed by atoms with E-state index in [4.69, 9.17) is 14.6 Å². The highest BCUT2D eigenvalue weighted by Crippen LogP contribution is 2.28. The molecule has 0 saturated heterocycles. The van der Waals surface area contributed by atoms with Crippen molar-refractivity contribution in [2.75, 3.05) is 12.4 Å². The maximum atomic E-state index is 12.5. The SMILES string of the molecule is COc1cccc(OC(C)c2nnc(SC(C)C(=O)Nc3ccc(C(=O)O)cc3)n2C)c1. The number of methoxy groups -OCH3 is 1. The Kier molecular flexibility index (Phi) is 7.37. The molecule has 1 heterocycles. The molecule has 0 radical (unpaired) electrons. The van der Waals surface area contributed by atoms with Crippen LogP contribution < -0.4 is 14.8 Å². The Hall–Kier alpha value is -3.53.